The minimum Gasteiger partial charge on any atom is -0.366 e. The van der Waals surface area contributed by atoms with Gasteiger partial charge in [0.25, 0.3) is 0 Å². The molecule has 1 saturated heterocycles. The van der Waals surface area contributed by atoms with Crippen molar-refractivity contribution in [3.8, 4) is 0 Å². The molecule has 0 radical (unpaired) electrons. The van der Waals surface area contributed by atoms with E-state index >= 15 is 0 Å². The molecule has 0 aromatic heterocycles. The van der Waals surface area contributed by atoms with E-state index in [9.17, 15) is 0 Å². The molecule has 0 amide bonds. The molecular formula is C17H28ClN3. The minimum absolute atomic E-state index is 0.328. The first-order valence-electron chi connectivity index (χ1n) is 7.98. The van der Waals surface area contributed by atoms with Crippen molar-refractivity contribution < 1.29 is 0 Å². The number of hydrogen-bond acceptors (Lipinski definition) is 3. The Hall–Kier alpha value is -0.770. The highest BCUT2D eigenvalue weighted by atomic mass is 35.5. The van der Waals surface area contributed by atoms with Crippen molar-refractivity contribution in [2.45, 2.75) is 38.8 Å². The van der Waals surface area contributed by atoms with E-state index in [1.807, 2.05) is 7.05 Å². The Morgan fingerprint density at radius 2 is 2.14 bits per heavy atom. The van der Waals surface area contributed by atoms with Gasteiger partial charge in [0, 0.05) is 25.2 Å². The van der Waals surface area contributed by atoms with Crippen LogP contribution in [0.2, 0.25) is 5.02 Å². The Kier molecular flexibility index (Phi) is 5.91. The topological polar surface area (TPSA) is 18.5 Å². The molecule has 0 aliphatic carbocycles. The average Bonchev–Trinajstić information content (AvgIpc) is 2.67. The Morgan fingerprint density at radius 3 is 2.76 bits per heavy atom. The summed E-state index contributed by atoms with van der Waals surface area (Å²) >= 11 is 6.59. The van der Waals surface area contributed by atoms with E-state index in [1.54, 1.807) is 0 Å². The Bertz CT molecular complexity index is 463. The number of rotatable bonds is 4. The van der Waals surface area contributed by atoms with Gasteiger partial charge in [-0.05, 0) is 58.1 Å². The molecule has 118 valence electrons. The second-order valence-corrected chi connectivity index (χ2v) is 6.50. The molecule has 1 N–H and O–H groups in total. The quantitative estimate of drug-likeness (QED) is 0.918. The molecule has 4 heteroatoms. The summed E-state index contributed by atoms with van der Waals surface area (Å²) in [4.78, 5) is 4.93. The summed E-state index contributed by atoms with van der Waals surface area (Å²) in [5.41, 5.74) is 2.43. The van der Waals surface area contributed by atoms with Crippen LogP contribution < -0.4 is 10.2 Å². The molecule has 2 unspecified atom stereocenters. The third-order valence-electron chi connectivity index (χ3n) is 4.59. The van der Waals surface area contributed by atoms with E-state index in [4.69, 9.17) is 11.6 Å². The van der Waals surface area contributed by atoms with Crippen LogP contribution in [0.25, 0.3) is 0 Å². The average molecular weight is 310 g/mol. The molecule has 0 bridgehead atoms. The molecule has 1 fully saturated rings. The van der Waals surface area contributed by atoms with E-state index in [1.165, 1.54) is 24.2 Å². The lowest BCUT2D eigenvalue weighted by atomic mass is 10.1. The first-order chi connectivity index (χ1) is 10.1. The van der Waals surface area contributed by atoms with Crippen LogP contribution in [0.1, 0.15) is 38.3 Å². The van der Waals surface area contributed by atoms with E-state index in [0.717, 1.165) is 24.5 Å². The summed E-state index contributed by atoms with van der Waals surface area (Å²) < 4.78 is 0. The van der Waals surface area contributed by atoms with Crippen molar-refractivity contribution in [1.82, 2.24) is 10.2 Å². The zero-order valence-electron chi connectivity index (χ0n) is 13.7. The van der Waals surface area contributed by atoms with Gasteiger partial charge in [0.05, 0.1) is 10.7 Å². The van der Waals surface area contributed by atoms with E-state index in [-0.39, 0.29) is 0 Å². The summed E-state index contributed by atoms with van der Waals surface area (Å²) in [6, 6.07) is 7.37. The van der Waals surface area contributed by atoms with Crippen molar-refractivity contribution in [2.24, 2.45) is 0 Å². The number of nitrogens with one attached hydrogen (secondary N) is 1. The normalized spacial score (nSPS) is 22.1. The van der Waals surface area contributed by atoms with Crippen LogP contribution in [0.15, 0.2) is 18.2 Å². The van der Waals surface area contributed by atoms with E-state index in [0.29, 0.717) is 12.1 Å². The first-order valence-corrected chi connectivity index (χ1v) is 8.36. The predicted molar refractivity (Wildman–Crippen MR) is 92.5 cm³/mol. The number of nitrogens with zero attached hydrogens (tertiary/aromatic N) is 2. The third kappa shape index (κ3) is 3.91. The second-order valence-electron chi connectivity index (χ2n) is 6.09. The number of likely N-dealkylation sites (N-methyl/N-ethyl adjacent to an activating group) is 1. The molecule has 21 heavy (non-hydrogen) atoms. The molecule has 1 aromatic rings. The molecule has 0 saturated carbocycles. The Balaban J connectivity index is 2.26. The van der Waals surface area contributed by atoms with Gasteiger partial charge in [-0.1, -0.05) is 24.6 Å². The minimum atomic E-state index is 0.328. The van der Waals surface area contributed by atoms with Crippen molar-refractivity contribution in [1.29, 1.82) is 0 Å². The summed E-state index contributed by atoms with van der Waals surface area (Å²) in [6.45, 7) is 7.79. The van der Waals surface area contributed by atoms with Gasteiger partial charge in [-0.3, -0.25) is 0 Å². The van der Waals surface area contributed by atoms with Crippen molar-refractivity contribution in [2.75, 3.05) is 38.6 Å². The maximum atomic E-state index is 6.59. The fraction of sp³-hybridized carbons (Fsp3) is 0.647. The molecule has 1 aliphatic rings. The molecule has 3 nitrogen and oxygen atoms in total. The largest absolute Gasteiger partial charge is 0.366 e. The molecule has 2 atom stereocenters. The summed E-state index contributed by atoms with van der Waals surface area (Å²) in [5, 5.41) is 4.14. The summed E-state index contributed by atoms with van der Waals surface area (Å²) in [7, 11) is 4.19. The van der Waals surface area contributed by atoms with Gasteiger partial charge < -0.3 is 15.1 Å². The Morgan fingerprint density at radius 1 is 1.38 bits per heavy atom. The fourth-order valence-corrected chi connectivity index (χ4v) is 3.40. The lowest BCUT2D eigenvalue weighted by Crippen LogP contribution is -2.40. The molecule has 1 heterocycles. The van der Waals surface area contributed by atoms with Crippen LogP contribution in [-0.4, -0.2) is 44.7 Å². The zero-order valence-corrected chi connectivity index (χ0v) is 14.5. The van der Waals surface area contributed by atoms with Crippen LogP contribution in [0.4, 0.5) is 5.69 Å². The molecule has 1 aliphatic heterocycles. The van der Waals surface area contributed by atoms with Crippen LogP contribution in [-0.2, 0) is 0 Å². The van der Waals surface area contributed by atoms with Gasteiger partial charge in [0.1, 0.15) is 0 Å². The van der Waals surface area contributed by atoms with Crippen LogP contribution in [0, 0.1) is 0 Å². The van der Waals surface area contributed by atoms with Gasteiger partial charge in [-0.2, -0.15) is 0 Å². The summed E-state index contributed by atoms with van der Waals surface area (Å²) in [5.74, 6) is 0. The lowest BCUT2D eigenvalue weighted by molar-refractivity contribution is 0.328. The molecular weight excluding hydrogens is 282 g/mol. The SMILES string of the molecule is CCC1CN(C)CCCN1c1ccc(C(C)NC)cc1Cl. The number of halogens is 1. The van der Waals surface area contributed by atoms with Crippen LogP contribution in [0.5, 0.6) is 0 Å². The number of benzene rings is 1. The zero-order chi connectivity index (χ0) is 15.4. The van der Waals surface area contributed by atoms with Gasteiger partial charge in [0.2, 0.25) is 0 Å². The van der Waals surface area contributed by atoms with Crippen molar-refractivity contribution in [3.05, 3.63) is 28.8 Å². The number of hydrogen-bond donors (Lipinski definition) is 1. The van der Waals surface area contributed by atoms with Gasteiger partial charge in [0.15, 0.2) is 0 Å². The van der Waals surface area contributed by atoms with Crippen molar-refractivity contribution in [3.63, 3.8) is 0 Å². The van der Waals surface area contributed by atoms with Gasteiger partial charge in [-0.15, -0.1) is 0 Å². The standard InChI is InChI=1S/C17H28ClN3/c1-5-15-12-20(4)9-6-10-21(15)17-8-7-14(11-16(17)18)13(2)19-3/h7-8,11,13,15,19H,5-6,9-10,12H2,1-4H3. The van der Waals surface area contributed by atoms with E-state index < -0.39 is 0 Å². The van der Waals surface area contributed by atoms with Gasteiger partial charge in [-0.25, -0.2) is 0 Å². The highest BCUT2D eigenvalue weighted by molar-refractivity contribution is 6.33. The van der Waals surface area contributed by atoms with Crippen LogP contribution in [0.3, 0.4) is 0 Å². The molecule has 1 aromatic carbocycles. The van der Waals surface area contributed by atoms with Gasteiger partial charge >= 0.3 is 0 Å². The maximum absolute atomic E-state index is 6.59. The summed E-state index contributed by atoms with van der Waals surface area (Å²) in [6.07, 6.45) is 2.34. The fourth-order valence-electron chi connectivity index (χ4n) is 3.10. The lowest BCUT2D eigenvalue weighted by Gasteiger charge is -2.33. The second kappa shape index (κ2) is 7.48. The third-order valence-corrected chi connectivity index (χ3v) is 4.89. The maximum Gasteiger partial charge on any atom is 0.0643 e. The Labute approximate surface area is 134 Å². The molecule has 2 rings (SSSR count). The monoisotopic (exact) mass is 309 g/mol. The smallest absolute Gasteiger partial charge is 0.0643 e. The number of anilines is 1. The highest BCUT2D eigenvalue weighted by Gasteiger charge is 2.24. The molecule has 0 spiro atoms. The van der Waals surface area contributed by atoms with Crippen molar-refractivity contribution >= 4 is 17.3 Å². The highest BCUT2D eigenvalue weighted by Crippen LogP contribution is 2.32. The van der Waals surface area contributed by atoms with E-state index in [2.05, 4.69) is 54.2 Å². The predicted octanol–water partition coefficient (Wildman–Crippen LogP) is 3.54. The first kappa shape index (κ1) is 16.6. The van der Waals surface area contributed by atoms with Crippen LogP contribution >= 0.6 is 11.6 Å².